The summed E-state index contributed by atoms with van der Waals surface area (Å²) in [6, 6.07) is 15.6. The largest absolute Gasteiger partial charge is 0.490 e. The molecule has 9 nitrogen and oxygen atoms in total. The summed E-state index contributed by atoms with van der Waals surface area (Å²) in [7, 11) is 3.94. The number of halogens is 1. The average Bonchev–Trinajstić information content (AvgIpc) is 3.01. The number of aliphatic hydroxyl groups is 1. The predicted molar refractivity (Wildman–Crippen MR) is 187 cm³/mol. The lowest BCUT2D eigenvalue weighted by molar-refractivity contribution is -0.106. The van der Waals surface area contributed by atoms with E-state index >= 15 is 0 Å². The van der Waals surface area contributed by atoms with Crippen LogP contribution >= 0.6 is 11.6 Å². The van der Waals surface area contributed by atoms with E-state index in [2.05, 4.69) is 29.2 Å². The number of aldehydes is 1. The number of para-hydroxylation sites is 1. The van der Waals surface area contributed by atoms with Gasteiger partial charge in [0.1, 0.15) is 5.75 Å². The maximum atomic E-state index is 12.6. The van der Waals surface area contributed by atoms with E-state index in [0.29, 0.717) is 48.2 Å². The topological polar surface area (TPSA) is 99.0 Å². The van der Waals surface area contributed by atoms with Crippen LogP contribution in [0.2, 0.25) is 5.02 Å². The Bertz CT molecular complexity index is 1390. The Labute approximate surface area is 279 Å². The van der Waals surface area contributed by atoms with E-state index in [1.807, 2.05) is 93.4 Å². The van der Waals surface area contributed by atoms with Gasteiger partial charge in [0.15, 0.2) is 6.29 Å². The molecule has 3 atom stereocenters. The van der Waals surface area contributed by atoms with Crippen LogP contribution in [0.1, 0.15) is 71.8 Å². The van der Waals surface area contributed by atoms with Gasteiger partial charge in [0, 0.05) is 43.9 Å². The minimum Gasteiger partial charge on any atom is -0.490 e. The first-order valence-electron chi connectivity index (χ1n) is 16.2. The quantitative estimate of drug-likeness (QED) is 0.0964. The highest BCUT2D eigenvalue weighted by molar-refractivity contribution is 6.31. The standard InChI is InChI=1S/C36H50ClN5O4/c1-24(2)45-33-18-14-27(37)19-30(33)31(40-38-5)17-16-29-15-13-25(3)34(46-29)22-39-32(23-43)35(26-20-36(4,44)21-26)42(7)41(6)28-11-9-8-10-12-28/h8-12,14,18-19,23-26,29,34,39,44H,5,13,15-17,20-22H2,1-4,6-7H3/b35-32+,40-31+/t25-,26?,29?,34?,36?/m0/s1. The number of nitrogens with zero attached hydrogens (tertiary/aromatic N) is 4. The van der Waals surface area contributed by atoms with E-state index < -0.39 is 5.60 Å². The van der Waals surface area contributed by atoms with Gasteiger partial charge in [-0.2, -0.15) is 10.2 Å². The van der Waals surface area contributed by atoms with E-state index in [9.17, 15) is 9.90 Å². The first-order chi connectivity index (χ1) is 21.9. The summed E-state index contributed by atoms with van der Waals surface area (Å²) in [5, 5.41) is 26.9. The molecule has 0 bridgehead atoms. The molecule has 1 aliphatic carbocycles. The third-order valence-electron chi connectivity index (χ3n) is 9.03. The molecule has 2 aromatic carbocycles. The second-order valence-electron chi connectivity index (χ2n) is 13.2. The Morgan fingerprint density at radius 3 is 2.57 bits per heavy atom. The van der Waals surface area contributed by atoms with Crippen LogP contribution in [0.15, 0.2) is 70.1 Å². The summed E-state index contributed by atoms with van der Waals surface area (Å²) < 4.78 is 12.7. The number of hydrogen-bond donors (Lipinski definition) is 2. The lowest BCUT2D eigenvalue weighted by atomic mass is 9.70. The normalized spacial score (nSPS) is 25.3. The predicted octanol–water partition coefficient (Wildman–Crippen LogP) is 6.64. The molecule has 2 aliphatic rings. The van der Waals surface area contributed by atoms with E-state index in [-0.39, 0.29) is 24.2 Å². The Morgan fingerprint density at radius 2 is 1.93 bits per heavy atom. The molecule has 1 aliphatic heterocycles. The van der Waals surface area contributed by atoms with Crippen molar-refractivity contribution in [3.63, 3.8) is 0 Å². The number of hydrogen-bond acceptors (Lipinski definition) is 9. The number of anilines is 1. The van der Waals surface area contributed by atoms with Crippen LogP contribution in [-0.4, -0.2) is 73.4 Å². The molecule has 2 N–H and O–H groups in total. The molecule has 2 fully saturated rings. The molecular weight excluding hydrogens is 602 g/mol. The van der Waals surface area contributed by atoms with Crippen molar-refractivity contribution in [1.82, 2.24) is 10.3 Å². The summed E-state index contributed by atoms with van der Waals surface area (Å²) in [5.41, 5.74) is 3.22. The lowest BCUT2D eigenvalue weighted by Crippen LogP contribution is -2.49. The van der Waals surface area contributed by atoms with Gasteiger partial charge in [0.25, 0.3) is 0 Å². The van der Waals surface area contributed by atoms with Gasteiger partial charge in [-0.25, -0.2) is 0 Å². The van der Waals surface area contributed by atoms with Gasteiger partial charge in [-0.1, -0.05) is 36.7 Å². The van der Waals surface area contributed by atoms with Crippen molar-refractivity contribution in [2.75, 3.05) is 25.6 Å². The van der Waals surface area contributed by atoms with Crippen LogP contribution in [0, 0.1) is 11.8 Å². The van der Waals surface area contributed by atoms with Crippen LogP contribution in [0.3, 0.4) is 0 Å². The minimum atomic E-state index is -0.736. The van der Waals surface area contributed by atoms with Gasteiger partial charge in [-0.05, 0) is 95.5 Å². The number of benzene rings is 2. The molecule has 1 heterocycles. The Balaban J connectivity index is 1.47. The second kappa shape index (κ2) is 15.9. The smallest absolute Gasteiger partial charge is 0.167 e. The van der Waals surface area contributed by atoms with Gasteiger partial charge in [0.05, 0.1) is 46.7 Å². The minimum absolute atomic E-state index is 0.00362. The van der Waals surface area contributed by atoms with Crippen molar-refractivity contribution in [3.05, 3.63) is 70.5 Å². The summed E-state index contributed by atoms with van der Waals surface area (Å²) >= 11 is 6.36. The van der Waals surface area contributed by atoms with Crippen LogP contribution in [0.4, 0.5) is 5.69 Å². The van der Waals surface area contributed by atoms with Gasteiger partial charge >= 0.3 is 0 Å². The fourth-order valence-corrected chi connectivity index (χ4v) is 6.66. The summed E-state index contributed by atoms with van der Waals surface area (Å²) in [6.45, 7) is 12.1. The van der Waals surface area contributed by atoms with Gasteiger partial charge in [-0.15, -0.1) is 0 Å². The number of hydrazine groups is 1. The van der Waals surface area contributed by atoms with Crippen molar-refractivity contribution in [3.8, 4) is 5.75 Å². The number of ether oxygens (including phenoxy) is 2. The number of rotatable bonds is 15. The molecule has 46 heavy (non-hydrogen) atoms. The van der Waals surface area contributed by atoms with Crippen molar-refractivity contribution in [2.45, 2.75) is 90.1 Å². The molecule has 2 unspecified atom stereocenters. The Morgan fingerprint density at radius 1 is 1.22 bits per heavy atom. The molecular formula is C36H50ClN5O4. The summed E-state index contributed by atoms with van der Waals surface area (Å²) in [5.74, 6) is 1.07. The molecule has 0 amide bonds. The molecule has 10 heteroatoms. The zero-order valence-electron chi connectivity index (χ0n) is 28.1. The summed E-state index contributed by atoms with van der Waals surface area (Å²) in [6.07, 6.45) is 5.32. The van der Waals surface area contributed by atoms with Gasteiger partial charge in [0.2, 0.25) is 0 Å². The number of allylic oxidation sites excluding steroid dienone is 2. The van der Waals surface area contributed by atoms with Crippen molar-refractivity contribution in [2.24, 2.45) is 22.0 Å². The Kier molecular flexibility index (Phi) is 12.3. The van der Waals surface area contributed by atoms with Crippen LogP contribution < -0.4 is 15.1 Å². The molecule has 0 radical (unpaired) electrons. The third-order valence-corrected chi connectivity index (χ3v) is 9.27. The fourth-order valence-electron chi connectivity index (χ4n) is 6.49. The first kappa shape index (κ1) is 35.5. The SMILES string of the molecule is C=N/N=C(\CCC1CC[C@H](C)C(CN/C(C=O)=C(\C2CC(C)(O)C2)N(C)N(C)c2ccccc2)O1)c1cc(Cl)ccc1OC(C)C. The molecule has 1 saturated carbocycles. The van der Waals surface area contributed by atoms with Crippen molar-refractivity contribution in [1.29, 1.82) is 0 Å². The maximum Gasteiger partial charge on any atom is 0.167 e. The fraction of sp³-hybridized carbons (Fsp3) is 0.528. The van der Waals surface area contributed by atoms with Gasteiger partial charge in [-0.3, -0.25) is 14.8 Å². The zero-order chi connectivity index (χ0) is 33.4. The lowest BCUT2D eigenvalue weighted by Gasteiger charge is -2.47. The van der Waals surface area contributed by atoms with Crippen molar-refractivity contribution < 1.29 is 19.4 Å². The number of carbonyl (C=O) groups excluding carboxylic acids is 1. The van der Waals surface area contributed by atoms with Crippen LogP contribution in [0.5, 0.6) is 5.75 Å². The molecule has 4 rings (SSSR count). The van der Waals surface area contributed by atoms with Crippen molar-refractivity contribution >= 4 is 36.0 Å². The molecule has 1 saturated heterocycles. The highest BCUT2D eigenvalue weighted by atomic mass is 35.5. The van der Waals surface area contributed by atoms with E-state index in [1.54, 1.807) is 0 Å². The average molecular weight is 652 g/mol. The molecule has 2 aromatic rings. The summed E-state index contributed by atoms with van der Waals surface area (Å²) in [4.78, 5) is 12.6. The Hall–Kier alpha value is -3.40. The van der Waals surface area contributed by atoms with Crippen LogP contribution in [-0.2, 0) is 9.53 Å². The van der Waals surface area contributed by atoms with Crippen LogP contribution in [0.25, 0.3) is 0 Å². The highest BCUT2D eigenvalue weighted by Crippen LogP contribution is 2.43. The van der Waals surface area contributed by atoms with Gasteiger partial charge < -0.3 is 19.9 Å². The maximum absolute atomic E-state index is 12.6. The molecule has 250 valence electrons. The van der Waals surface area contributed by atoms with E-state index in [1.165, 1.54) is 0 Å². The first-order valence-corrected chi connectivity index (χ1v) is 16.6. The van der Waals surface area contributed by atoms with E-state index in [0.717, 1.165) is 48.2 Å². The zero-order valence-corrected chi connectivity index (χ0v) is 28.8. The molecule has 0 spiro atoms. The number of nitrogens with one attached hydrogen (secondary N) is 1. The third kappa shape index (κ3) is 9.11. The van der Waals surface area contributed by atoms with E-state index in [4.69, 9.17) is 21.1 Å². The number of carbonyl (C=O) groups is 1. The molecule has 0 aromatic heterocycles. The monoisotopic (exact) mass is 651 g/mol. The second-order valence-corrected chi connectivity index (χ2v) is 13.6. The highest BCUT2D eigenvalue weighted by Gasteiger charge is 2.43.